The number of halogens is 1. The minimum atomic E-state index is -4.06. The monoisotopic (exact) mass is 419 g/mol. The number of sulfonamides is 1. The molecule has 0 saturated heterocycles. The Balaban J connectivity index is 2.01. The molecule has 1 heterocycles. The van der Waals surface area contributed by atoms with Gasteiger partial charge in [0, 0.05) is 17.2 Å². The predicted octanol–water partition coefficient (Wildman–Crippen LogP) is 3.20. The molecule has 0 radical (unpaired) electrons. The van der Waals surface area contributed by atoms with Crippen LogP contribution in [0.1, 0.15) is 23.0 Å². The Morgan fingerprint density at radius 2 is 1.64 bits per heavy atom. The first-order valence-electron chi connectivity index (χ1n) is 8.27. The van der Waals surface area contributed by atoms with E-state index in [2.05, 4.69) is 14.7 Å². The van der Waals surface area contributed by atoms with E-state index in [9.17, 15) is 18.6 Å². The van der Waals surface area contributed by atoms with Gasteiger partial charge in [-0.05, 0) is 37.1 Å². The van der Waals surface area contributed by atoms with Crippen LogP contribution < -0.4 is 4.72 Å². The summed E-state index contributed by atoms with van der Waals surface area (Å²) in [6.07, 6.45) is -1.78. The number of nitrogens with zero attached hydrogens (tertiary/aromatic N) is 2. The molecule has 3 N–H and O–H groups in total. The van der Waals surface area contributed by atoms with Crippen molar-refractivity contribution in [3.63, 3.8) is 0 Å². The molecular formula is C19H18ClN3O4S. The molecule has 0 spiro atoms. The van der Waals surface area contributed by atoms with Crippen LogP contribution in [-0.2, 0) is 10.0 Å². The van der Waals surface area contributed by atoms with Crippen molar-refractivity contribution in [3.05, 3.63) is 70.4 Å². The van der Waals surface area contributed by atoms with Crippen molar-refractivity contribution in [3.8, 4) is 11.3 Å². The van der Waals surface area contributed by atoms with Crippen molar-refractivity contribution >= 4 is 27.6 Å². The third kappa shape index (κ3) is 4.31. The highest BCUT2D eigenvalue weighted by atomic mass is 35.5. The number of rotatable bonds is 5. The van der Waals surface area contributed by atoms with Gasteiger partial charge in [0.05, 0.1) is 10.6 Å². The summed E-state index contributed by atoms with van der Waals surface area (Å²) in [5, 5.41) is 18.6. The minimum absolute atomic E-state index is 0.0473. The molecule has 0 fully saturated rings. The normalized spacial score (nSPS) is 11.6. The minimum Gasteiger partial charge on any atom is -0.364 e. The molecule has 1 aromatic heterocycles. The lowest BCUT2D eigenvalue weighted by Crippen LogP contribution is -2.16. The molecule has 7 nitrogen and oxygen atoms in total. The van der Waals surface area contributed by atoms with Crippen LogP contribution in [0, 0.1) is 13.8 Å². The molecule has 0 saturated carbocycles. The van der Waals surface area contributed by atoms with Crippen molar-refractivity contribution in [2.24, 2.45) is 0 Å². The van der Waals surface area contributed by atoms with Crippen LogP contribution in [0.4, 0.5) is 5.95 Å². The number of anilines is 1. The lowest BCUT2D eigenvalue weighted by atomic mass is 10.00. The molecule has 2 aromatic carbocycles. The lowest BCUT2D eigenvalue weighted by molar-refractivity contribution is -0.0426. The molecule has 3 aromatic rings. The molecule has 0 aliphatic rings. The summed E-state index contributed by atoms with van der Waals surface area (Å²) in [5.41, 5.74) is 3.32. The SMILES string of the molecule is Cc1cccc(C)c1-c1cc(Cl)nc(NS(=O)(=O)c2cccc(C(O)O)c2)n1. The van der Waals surface area contributed by atoms with Crippen molar-refractivity contribution < 1.29 is 18.6 Å². The summed E-state index contributed by atoms with van der Waals surface area (Å²) in [5.74, 6) is -0.180. The number of hydrogen-bond donors (Lipinski definition) is 3. The second-order valence-electron chi connectivity index (χ2n) is 6.22. The van der Waals surface area contributed by atoms with E-state index in [4.69, 9.17) is 11.6 Å². The largest absolute Gasteiger partial charge is 0.364 e. The summed E-state index contributed by atoms with van der Waals surface area (Å²) in [4.78, 5) is 8.10. The fourth-order valence-electron chi connectivity index (χ4n) is 2.83. The molecule has 0 aliphatic heterocycles. The molecule has 146 valence electrons. The zero-order chi connectivity index (χ0) is 20.5. The molecular weight excluding hydrogens is 402 g/mol. The summed E-state index contributed by atoms with van der Waals surface area (Å²) in [6.45, 7) is 3.85. The lowest BCUT2D eigenvalue weighted by Gasteiger charge is -2.12. The second kappa shape index (κ2) is 7.84. The zero-order valence-corrected chi connectivity index (χ0v) is 16.7. The van der Waals surface area contributed by atoms with Crippen LogP contribution in [0.5, 0.6) is 0 Å². The van der Waals surface area contributed by atoms with Gasteiger partial charge in [-0.15, -0.1) is 0 Å². The number of hydrogen-bond acceptors (Lipinski definition) is 6. The second-order valence-corrected chi connectivity index (χ2v) is 8.29. The Bertz CT molecular complexity index is 1110. The highest BCUT2D eigenvalue weighted by Crippen LogP contribution is 2.28. The van der Waals surface area contributed by atoms with E-state index in [0.717, 1.165) is 22.8 Å². The number of benzene rings is 2. The molecule has 9 heteroatoms. The van der Waals surface area contributed by atoms with E-state index in [1.165, 1.54) is 18.2 Å². The van der Waals surface area contributed by atoms with Gasteiger partial charge in [-0.1, -0.05) is 41.9 Å². The third-order valence-electron chi connectivity index (χ3n) is 4.12. The van der Waals surface area contributed by atoms with Gasteiger partial charge in [0.2, 0.25) is 5.95 Å². The van der Waals surface area contributed by atoms with E-state index < -0.39 is 16.3 Å². The average Bonchev–Trinajstić information content (AvgIpc) is 2.61. The van der Waals surface area contributed by atoms with Gasteiger partial charge in [0.1, 0.15) is 5.15 Å². The maximum atomic E-state index is 12.7. The Morgan fingerprint density at radius 3 is 2.29 bits per heavy atom. The number of aryl methyl sites for hydroxylation is 2. The van der Waals surface area contributed by atoms with Crippen molar-refractivity contribution in [2.45, 2.75) is 25.0 Å². The quantitative estimate of drug-likeness (QED) is 0.432. The Labute approximate surface area is 167 Å². The number of aliphatic hydroxyl groups excluding tert-OH is 1. The molecule has 0 atom stereocenters. The maximum absolute atomic E-state index is 12.7. The molecule has 28 heavy (non-hydrogen) atoms. The van der Waals surface area contributed by atoms with Crippen molar-refractivity contribution in [1.82, 2.24) is 9.97 Å². The predicted molar refractivity (Wildman–Crippen MR) is 106 cm³/mol. The highest BCUT2D eigenvalue weighted by Gasteiger charge is 2.19. The molecule has 0 amide bonds. The van der Waals surface area contributed by atoms with Gasteiger partial charge in [-0.25, -0.2) is 23.1 Å². The Hall–Kier alpha value is -2.52. The maximum Gasteiger partial charge on any atom is 0.264 e. The summed E-state index contributed by atoms with van der Waals surface area (Å²) < 4.78 is 27.6. The van der Waals surface area contributed by atoms with Gasteiger partial charge in [0.25, 0.3) is 10.0 Å². The summed E-state index contributed by atoms with van der Waals surface area (Å²) >= 11 is 6.09. The number of aromatic nitrogens is 2. The van der Waals surface area contributed by atoms with E-state index >= 15 is 0 Å². The van der Waals surface area contributed by atoms with Gasteiger partial charge in [-0.2, -0.15) is 0 Å². The fraction of sp³-hybridized carbons (Fsp3) is 0.158. The summed E-state index contributed by atoms with van der Waals surface area (Å²) in [7, 11) is -4.06. The first-order chi connectivity index (χ1) is 13.2. The van der Waals surface area contributed by atoms with Crippen LogP contribution in [-0.4, -0.2) is 28.6 Å². The van der Waals surface area contributed by atoms with E-state index in [-0.39, 0.29) is 21.6 Å². The smallest absolute Gasteiger partial charge is 0.264 e. The summed E-state index contributed by atoms with van der Waals surface area (Å²) in [6, 6.07) is 12.6. The highest BCUT2D eigenvalue weighted by molar-refractivity contribution is 7.92. The van der Waals surface area contributed by atoms with Gasteiger partial charge < -0.3 is 10.2 Å². The molecule has 0 aliphatic carbocycles. The van der Waals surface area contributed by atoms with Crippen LogP contribution in [0.2, 0.25) is 5.15 Å². The number of aliphatic hydroxyl groups is 2. The Kier molecular flexibility index (Phi) is 5.66. The van der Waals surface area contributed by atoms with Gasteiger partial charge in [0.15, 0.2) is 6.29 Å². The van der Waals surface area contributed by atoms with Crippen LogP contribution in [0.3, 0.4) is 0 Å². The molecule has 0 unspecified atom stereocenters. The van der Waals surface area contributed by atoms with E-state index in [1.807, 2.05) is 32.0 Å². The van der Waals surface area contributed by atoms with Crippen LogP contribution in [0.15, 0.2) is 53.4 Å². The molecule has 3 rings (SSSR count). The van der Waals surface area contributed by atoms with Crippen molar-refractivity contribution in [2.75, 3.05) is 4.72 Å². The van der Waals surface area contributed by atoms with E-state index in [0.29, 0.717) is 5.69 Å². The van der Waals surface area contributed by atoms with Crippen molar-refractivity contribution in [1.29, 1.82) is 0 Å². The fourth-order valence-corrected chi connectivity index (χ4v) is 4.01. The van der Waals surface area contributed by atoms with Gasteiger partial charge in [-0.3, -0.25) is 0 Å². The number of nitrogens with one attached hydrogen (secondary N) is 1. The molecule has 0 bridgehead atoms. The third-order valence-corrected chi connectivity index (χ3v) is 5.64. The first kappa shape index (κ1) is 20.2. The van der Waals surface area contributed by atoms with Crippen LogP contribution >= 0.6 is 11.6 Å². The van der Waals surface area contributed by atoms with Crippen LogP contribution in [0.25, 0.3) is 11.3 Å². The topological polar surface area (TPSA) is 112 Å². The average molecular weight is 420 g/mol. The van der Waals surface area contributed by atoms with Gasteiger partial charge >= 0.3 is 0 Å². The standard InChI is InChI=1S/C19H18ClN3O4S/c1-11-5-3-6-12(2)17(11)15-10-16(20)22-19(21-15)23-28(26,27)14-8-4-7-13(9-14)18(24)25/h3-10,18,24-25H,1-2H3,(H,21,22,23). The first-order valence-corrected chi connectivity index (χ1v) is 10.1. The Morgan fingerprint density at radius 1 is 1.00 bits per heavy atom. The van der Waals surface area contributed by atoms with E-state index in [1.54, 1.807) is 6.07 Å². The zero-order valence-electron chi connectivity index (χ0n) is 15.1.